The molecule has 0 radical (unpaired) electrons. The molecule has 0 aromatic carbocycles. The summed E-state index contributed by atoms with van der Waals surface area (Å²) in [5, 5.41) is 7.57. The Morgan fingerprint density at radius 1 is 1.44 bits per heavy atom. The summed E-state index contributed by atoms with van der Waals surface area (Å²) in [6.07, 6.45) is 4.75. The molecule has 1 aromatic heterocycles. The van der Waals surface area contributed by atoms with Gasteiger partial charge in [-0.05, 0) is 19.3 Å². The molecular weight excluding hydrogens is 228 g/mol. The van der Waals surface area contributed by atoms with Crippen LogP contribution in [0.4, 0.5) is 5.82 Å². The second-order valence-corrected chi connectivity index (χ2v) is 4.70. The highest BCUT2D eigenvalue weighted by molar-refractivity contribution is 5.98. The van der Waals surface area contributed by atoms with Gasteiger partial charge >= 0.3 is 0 Å². The van der Waals surface area contributed by atoms with E-state index in [4.69, 9.17) is 0 Å². The molecule has 0 bridgehead atoms. The molecular formula is C13H22N4O. The smallest absolute Gasteiger partial charge is 0.259 e. The van der Waals surface area contributed by atoms with E-state index >= 15 is 0 Å². The Morgan fingerprint density at radius 3 is 2.83 bits per heavy atom. The van der Waals surface area contributed by atoms with Crippen molar-refractivity contribution < 1.29 is 4.79 Å². The van der Waals surface area contributed by atoms with E-state index in [1.165, 1.54) is 0 Å². The maximum absolute atomic E-state index is 12.5. The predicted molar refractivity (Wildman–Crippen MR) is 71.8 cm³/mol. The van der Waals surface area contributed by atoms with Gasteiger partial charge in [0, 0.05) is 26.2 Å². The monoisotopic (exact) mass is 250 g/mol. The number of carbonyl (C=O) groups excluding carboxylic acids is 1. The number of rotatable bonds is 5. The van der Waals surface area contributed by atoms with Crippen molar-refractivity contribution in [2.45, 2.75) is 39.7 Å². The van der Waals surface area contributed by atoms with Crippen molar-refractivity contribution in [2.75, 3.05) is 25.0 Å². The molecule has 0 aliphatic carbocycles. The minimum absolute atomic E-state index is 0.106. The number of anilines is 1. The topological polar surface area (TPSA) is 50.2 Å². The number of hydrogen-bond donors (Lipinski definition) is 1. The number of fused-ring (bicyclic) bond motifs is 1. The van der Waals surface area contributed by atoms with E-state index in [0.717, 1.165) is 56.8 Å². The lowest BCUT2D eigenvalue weighted by molar-refractivity contribution is 0.0756. The fourth-order valence-corrected chi connectivity index (χ4v) is 2.36. The third kappa shape index (κ3) is 2.49. The molecule has 5 heteroatoms. The minimum atomic E-state index is 0.106. The van der Waals surface area contributed by atoms with Crippen LogP contribution < -0.4 is 5.32 Å². The van der Waals surface area contributed by atoms with Crippen LogP contribution in [0, 0.1) is 0 Å². The first kappa shape index (κ1) is 12.9. The highest BCUT2D eigenvalue weighted by Gasteiger charge is 2.23. The van der Waals surface area contributed by atoms with Gasteiger partial charge < -0.3 is 10.2 Å². The van der Waals surface area contributed by atoms with E-state index in [9.17, 15) is 4.79 Å². The van der Waals surface area contributed by atoms with Crippen molar-refractivity contribution in [3.05, 3.63) is 11.8 Å². The van der Waals surface area contributed by atoms with Crippen molar-refractivity contribution in [1.82, 2.24) is 14.7 Å². The Labute approximate surface area is 108 Å². The van der Waals surface area contributed by atoms with E-state index < -0.39 is 0 Å². The second kappa shape index (κ2) is 5.89. The minimum Gasteiger partial charge on any atom is -0.370 e. The number of aryl methyl sites for hydroxylation is 1. The molecule has 100 valence electrons. The lowest BCUT2D eigenvalue weighted by Crippen LogP contribution is -2.33. The predicted octanol–water partition coefficient (Wildman–Crippen LogP) is 1.96. The Balaban J connectivity index is 2.18. The summed E-state index contributed by atoms with van der Waals surface area (Å²) >= 11 is 0. The molecule has 0 unspecified atom stereocenters. The number of nitrogens with one attached hydrogen (secondary N) is 1. The highest BCUT2D eigenvalue weighted by atomic mass is 16.2. The molecule has 0 fully saturated rings. The quantitative estimate of drug-likeness (QED) is 0.869. The average molecular weight is 250 g/mol. The number of aromatic nitrogens is 2. The molecule has 2 rings (SSSR count). The van der Waals surface area contributed by atoms with Crippen LogP contribution >= 0.6 is 0 Å². The number of hydrogen-bond acceptors (Lipinski definition) is 3. The maximum atomic E-state index is 12.5. The number of carbonyl (C=O) groups is 1. The standard InChI is InChI=1S/C13H22N4O/c1-3-7-16(8-4-2)13(18)11-10-15-17-9-5-6-14-12(11)17/h10,14H,3-9H2,1-2H3. The van der Waals surface area contributed by atoms with Crippen molar-refractivity contribution in [1.29, 1.82) is 0 Å². The van der Waals surface area contributed by atoms with Gasteiger partial charge in [0.15, 0.2) is 0 Å². The van der Waals surface area contributed by atoms with Crippen LogP contribution in [-0.4, -0.2) is 40.2 Å². The van der Waals surface area contributed by atoms with Crippen LogP contribution in [0.5, 0.6) is 0 Å². The first-order valence-corrected chi connectivity index (χ1v) is 6.86. The number of amides is 1. The fraction of sp³-hybridized carbons (Fsp3) is 0.692. The fourth-order valence-electron chi connectivity index (χ4n) is 2.36. The highest BCUT2D eigenvalue weighted by Crippen LogP contribution is 2.21. The molecule has 5 nitrogen and oxygen atoms in total. The molecule has 0 saturated carbocycles. The normalized spacial score (nSPS) is 13.9. The molecule has 18 heavy (non-hydrogen) atoms. The molecule has 1 aromatic rings. The van der Waals surface area contributed by atoms with Crippen LogP contribution in [0.15, 0.2) is 6.20 Å². The van der Waals surface area contributed by atoms with Crippen molar-refractivity contribution in [2.24, 2.45) is 0 Å². The summed E-state index contributed by atoms with van der Waals surface area (Å²) in [5.74, 6) is 0.998. The van der Waals surface area contributed by atoms with Crippen LogP contribution in [0.2, 0.25) is 0 Å². The third-order valence-electron chi connectivity index (χ3n) is 3.18. The third-order valence-corrected chi connectivity index (χ3v) is 3.18. The van der Waals surface area contributed by atoms with Gasteiger partial charge in [-0.15, -0.1) is 0 Å². The average Bonchev–Trinajstić information content (AvgIpc) is 2.81. The maximum Gasteiger partial charge on any atom is 0.259 e. The van der Waals surface area contributed by atoms with Gasteiger partial charge in [-0.3, -0.25) is 4.79 Å². The second-order valence-electron chi connectivity index (χ2n) is 4.70. The van der Waals surface area contributed by atoms with E-state index in [1.807, 2.05) is 9.58 Å². The molecule has 1 aliphatic rings. The van der Waals surface area contributed by atoms with Crippen LogP contribution in [0.3, 0.4) is 0 Å². The van der Waals surface area contributed by atoms with Gasteiger partial charge in [-0.25, -0.2) is 4.68 Å². The van der Waals surface area contributed by atoms with Crippen LogP contribution in [0.1, 0.15) is 43.5 Å². The van der Waals surface area contributed by atoms with Crippen LogP contribution in [-0.2, 0) is 6.54 Å². The zero-order valence-electron chi connectivity index (χ0n) is 11.3. The Kier molecular flexibility index (Phi) is 4.23. The zero-order chi connectivity index (χ0) is 13.0. The largest absolute Gasteiger partial charge is 0.370 e. The molecule has 0 saturated heterocycles. The van der Waals surface area contributed by atoms with Crippen molar-refractivity contribution in [3.8, 4) is 0 Å². The molecule has 1 aliphatic heterocycles. The molecule has 0 spiro atoms. The molecule has 0 atom stereocenters. The van der Waals surface area contributed by atoms with E-state index in [1.54, 1.807) is 6.20 Å². The summed E-state index contributed by atoms with van der Waals surface area (Å²) in [4.78, 5) is 14.4. The lowest BCUT2D eigenvalue weighted by atomic mass is 10.2. The van der Waals surface area contributed by atoms with E-state index in [0.29, 0.717) is 0 Å². The first-order chi connectivity index (χ1) is 8.77. The molecule has 1 N–H and O–H groups in total. The zero-order valence-corrected chi connectivity index (χ0v) is 11.3. The van der Waals surface area contributed by atoms with Gasteiger partial charge in [-0.2, -0.15) is 5.10 Å². The van der Waals surface area contributed by atoms with Crippen molar-refractivity contribution in [3.63, 3.8) is 0 Å². The van der Waals surface area contributed by atoms with Gasteiger partial charge in [0.05, 0.1) is 6.20 Å². The van der Waals surface area contributed by atoms with Gasteiger partial charge in [0.25, 0.3) is 5.91 Å². The van der Waals surface area contributed by atoms with E-state index in [-0.39, 0.29) is 5.91 Å². The lowest BCUT2D eigenvalue weighted by Gasteiger charge is -2.23. The first-order valence-electron chi connectivity index (χ1n) is 6.86. The van der Waals surface area contributed by atoms with E-state index in [2.05, 4.69) is 24.3 Å². The SMILES string of the molecule is CCCN(CCC)C(=O)c1cnn2c1NCCC2. The number of nitrogens with zero attached hydrogens (tertiary/aromatic N) is 3. The summed E-state index contributed by atoms with van der Waals surface area (Å²) in [5.41, 5.74) is 0.719. The summed E-state index contributed by atoms with van der Waals surface area (Å²) in [6, 6.07) is 0. The molecule has 1 amide bonds. The molecule has 2 heterocycles. The van der Waals surface area contributed by atoms with Gasteiger partial charge in [0.2, 0.25) is 0 Å². The van der Waals surface area contributed by atoms with Crippen LogP contribution in [0.25, 0.3) is 0 Å². The summed E-state index contributed by atoms with van der Waals surface area (Å²) < 4.78 is 1.90. The van der Waals surface area contributed by atoms with Gasteiger partial charge in [0.1, 0.15) is 11.4 Å². The van der Waals surface area contributed by atoms with Crippen molar-refractivity contribution >= 4 is 11.7 Å². The van der Waals surface area contributed by atoms with Gasteiger partial charge in [-0.1, -0.05) is 13.8 Å². The summed E-state index contributed by atoms with van der Waals surface area (Å²) in [7, 11) is 0. The Morgan fingerprint density at radius 2 is 2.17 bits per heavy atom. The Bertz CT molecular complexity index is 407. The summed E-state index contributed by atoms with van der Waals surface area (Å²) in [6.45, 7) is 7.66. The Hall–Kier alpha value is -1.52.